The summed E-state index contributed by atoms with van der Waals surface area (Å²) in [6.07, 6.45) is 10.4. The van der Waals surface area contributed by atoms with Gasteiger partial charge in [-0.1, -0.05) is 31.1 Å². The van der Waals surface area contributed by atoms with Gasteiger partial charge in [0, 0.05) is 12.3 Å². The maximum Gasteiger partial charge on any atom is 0.0756 e. The maximum absolute atomic E-state index is 10.4. The van der Waals surface area contributed by atoms with Crippen LogP contribution in [0.1, 0.15) is 64.2 Å². The van der Waals surface area contributed by atoms with Gasteiger partial charge in [-0.3, -0.25) is 0 Å². The minimum absolute atomic E-state index is 0.180. The Labute approximate surface area is 116 Å². The van der Waals surface area contributed by atoms with E-state index < -0.39 is 5.60 Å². The predicted octanol–water partition coefficient (Wildman–Crippen LogP) is 2.87. The summed E-state index contributed by atoms with van der Waals surface area (Å²) in [5.74, 6) is 8.17. The lowest BCUT2D eigenvalue weighted by Crippen LogP contribution is -2.42. The molecule has 0 aromatic heterocycles. The van der Waals surface area contributed by atoms with Gasteiger partial charge >= 0.3 is 0 Å². The first-order chi connectivity index (χ1) is 9.18. The van der Waals surface area contributed by atoms with Gasteiger partial charge < -0.3 is 10.2 Å². The molecule has 2 nitrogen and oxygen atoms in total. The van der Waals surface area contributed by atoms with Gasteiger partial charge in [-0.15, -0.1) is 0 Å². The van der Waals surface area contributed by atoms with Gasteiger partial charge in [-0.25, -0.2) is 0 Å². The summed E-state index contributed by atoms with van der Waals surface area (Å²) in [5, 5.41) is 20.6. The molecule has 2 heteroatoms. The Kier molecular flexibility index (Phi) is 3.87. The monoisotopic (exact) mass is 262 g/mol. The second-order valence-electron chi connectivity index (χ2n) is 6.95. The molecule has 0 amide bonds. The number of hydrogen-bond donors (Lipinski definition) is 2. The third-order valence-corrected chi connectivity index (χ3v) is 5.66. The summed E-state index contributed by atoms with van der Waals surface area (Å²) in [6.45, 7) is 0. The van der Waals surface area contributed by atoms with Crippen LogP contribution in [0, 0.1) is 29.6 Å². The second-order valence-corrected chi connectivity index (χ2v) is 6.95. The van der Waals surface area contributed by atoms with Crippen LogP contribution in [0.25, 0.3) is 0 Å². The minimum Gasteiger partial charge on any atom is -0.392 e. The molecule has 3 rings (SSSR count). The van der Waals surface area contributed by atoms with Crippen molar-refractivity contribution in [1.82, 2.24) is 0 Å². The number of rotatable bonds is 1. The summed E-state index contributed by atoms with van der Waals surface area (Å²) in [5.41, 5.74) is -0.538. The molecule has 0 spiro atoms. The fourth-order valence-electron chi connectivity index (χ4n) is 4.20. The van der Waals surface area contributed by atoms with Crippen molar-refractivity contribution in [2.24, 2.45) is 17.8 Å². The van der Waals surface area contributed by atoms with E-state index in [1.807, 2.05) is 0 Å². The van der Waals surface area contributed by atoms with Crippen LogP contribution in [-0.4, -0.2) is 21.9 Å². The van der Waals surface area contributed by atoms with Crippen molar-refractivity contribution in [3.05, 3.63) is 0 Å². The van der Waals surface area contributed by atoms with Crippen LogP contribution in [0.5, 0.6) is 0 Å². The molecule has 0 radical (unpaired) electrons. The van der Waals surface area contributed by atoms with Gasteiger partial charge in [-0.05, 0) is 50.4 Å². The Morgan fingerprint density at radius 2 is 1.74 bits per heavy atom. The largest absolute Gasteiger partial charge is 0.392 e. The van der Waals surface area contributed by atoms with Crippen LogP contribution in [0.4, 0.5) is 0 Å². The molecule has 2 N–H and O–H groups in total. The molecule has 3 saturated carbocycles. The maximum atomic E-state index is 10.4. The average Bonchev–Trinajstić information content (AvgIpc) is 2.35. The fraction of sp³-hybridized carbons (Fsp3) is 0.882. The summed E-state index contributed by atoms with van der Waals surface area (Å²) >= 11 is 0. The number of hydrogen-bond acceptors (Lipinski definition) is 2. The van der Waals surface area contributed by atoms with E-state index in [1.165, 1.54) is 25.7 Å². The Hall–Kier alpha value is -0.520. The van der Waals surface area contributed by atoms with Crippen molar-refractivity contribution in [3.63, 3.8) is 0 Å². The standard InChI is InChI=1S/C17H26O2/c18-16-9-7-13-6-8-14(13)15(16)5-4-12-17(19)10-2-1-3-11-17/h13-16,18-19H,1-3,6-12H2/t13-,14-,15+,16-/m0/s1. The molecular formula is C17H26O2. The molecule has 3 aliphatic carbocycles. The van der Waals surface area contributed by atoms with E-state index in [4.69, 9.17) is 0 Å². The van der Waals surface area contributed by atoms with Gasteiger partial charge in [-0.2, -0.15) is 0 Å². The SMILES string of the molecule is O[C@H]1CC[C@@H]2CC[C@@H]2[C@H]1C#CCC1(O)CCCCC1. The van der Waals surface area contributed by atoms with Crippen molar-refractivity contribution in [1.29, 1.82) is 0 Å². The predicted molar refractivity (Wildman–Crippen MR) is 75.4 cm³/mol. The first-order valence-corrected chi connectivity index (χ1v) is 8.07. The first-order valence-electron chi connectivity index (χ1n) is 8.07. The zero-order valence-electron chi connectivity index (χ0n) is 11.8. The van der Waals surface area contributed by atoms with E-state index in [0.29, 0.717) is 12.3 Å². The quantitative estimate of drug-likeness (QED) is 0.713. The molecule has 0 unspecified atom stereocenters. The minimum atomic E-state index is -0.538. The Balaban J connectivity index is 1.59. The zero-order chi connectivity index (χ0) is 13.3. The van der Waals surface area contributed by atoms with Crippen LogP contribution >= 0.6 is 0 Å². The topological polar surface area (TPSA) is 40.5 Å². The summed E-state index contributed by atoms with van der Waals surface area (Å²) in [4.78, 5) is 0. The molecule has 0 aromatic rings. The van der Waals surface area contributed by atoms with E-state index in [0.717, 1.165) is 38.0 Å². The number of fused-ring (bicyclic) bond motifs is 1. The molecule has 0 aliphatic heterocycles. The molecule has 0 saturated heterocycles. The fourth-order valence-corrected chi connectivity index (χ4v) is 4.20. The first kappa shape index (κ1) is 13.5. The summed E-state index contributed by atoms with van der Waals surface area (Å²) < 4.78 is 0. The van der Waals surface area contributed by atoms with Gasteiger partial charge in [0.2, 0.25) is 0 Å². The van der Waals surface area contributed by atoms with E-state index in [1.54, 1.807) is 0 Å². The zero-order valence-corrected chi connectivity index (χ0v) is 11.8. The van der Waals surface area contributed by atoms with E-state index in [2.05, 4.69) is 11.8 Å². The Morgan fingerprint density at radius 3 is 2.42 bits per heavy atom. The van der Waals surface area contributed by atoms with Gasteiger partial charge in [0.1, 0.15) is 0 Å². The van der Waals surface area contributed by atoms with Crippen LogP contribution in [-0.2, 0) is 0 Å². The molecule has 4 atom stereocenters. The lowest BCUT2D eigenvalue weighted by atomic mass is 9.60. The molecule has 106 valence electrons. The van der Waals surface area contributed by atoms with Crippen molar-refractivity contribution in [3.8, 4) is 11.8 Å². The van der Waals surface area contributed by atoms with Crippen LogP contribution in [0.15, 0.2) is 0 Å². The van der Waals surface area contributed by atoms with E-state index in [-0.39, 0.29) is 12.0 Å². The smallest absolute Gasteiger partial charge is 0.0756 e. The van der Waals surface area contributed by atoms with Crippen molar-refractivity contribution < 1.29 is 10.2 Å². The third-order valence-electron chi connectivity index (χ3n) is 5.66. The summed E-state index contributed by atoms with van der Waals surface area (Å²) in [7, 11) is 0. The second kappa shape index (κ2) is 5.46. The van der Waals surface area contributed by atoms with Crippen molar-refractivity contribution >= 4 is 0 Å². The van der Waals surface area contributed by atoms with Crippen LogP contribution in [0.2, 0.25) is 0 Å². The normalized spacial score (nSPS) is 40.5. The highest BCUT2D eigenvalue weighted by Gasteiger charge is 2.43. The molecule has 0 aromatic carbocycles. The molecule has 0 bridgehead atoms. The summed E-state index contributed by atoms with van der Waals surface area (Å²) in [6, 6.07) is 0. The Morgan fingerprint density at radius 1 is 1.00 bits per heavy atom. The Bertz CT molecular complexity index is 372. The highest BCUT2D eigenvalue weighted by molar-refractivity contribution is 5.14. The van der Waals surface area contributed by atoms with Gasteiger partial charge in [0.25, 0.3) is 0 Å². The highest BCUT2D eigenvalue weighted by atomic mass is 16.3. The highest BCUT2D eigenvalue weighted by Crippen LogP contribution is 2.48. The lowest BCUT2D eigenvalue weighted by Gasteiger charge is -2.46. The molecule has 0 heterocycles. The molecular weight excluding hydrogens is 236 g/mol. The van der Waals surface area contributed by atoms with Crippen molar-refractivity contribution in [2.45, 2.75) is 75.9 Å². The molecule has 3 fully saturated rings. The van der Waals surface area contributed by atoms with Crippen molar-refractivity contribution in [2.75, 3.05) is 0 Å². The molecule has 3 aliphatic rings. The van der Waals surface area contributed by atoms with Gasteiger partial charge in [0.15, 0.2) is 0 Å². The van der Waals surface area contributed by atoms with Crippen LogP contribution in [0.3, 0.4) is 0 Å². The van der Waals surface area contributed by atoms with Crippen LogP contribution < -0.4 is 0 Å². The lowest BCUT2D eigenvalue weighted by molar-refractivity contribution is -0.0182. The van der Waals surface area contributed by atoms with E-state index in [9.17, 15) is 10.2 Å². The number of aliphatic hydroxyl groups excluding tert-OH is 1. The van der Waals surface area contributed by atoms with Gasteiger partial charge in [0.05, 0.1) is 11.7 Å². The average molecular weight is 262 g/mol. The molecule has 19 heavy (non-hydrogen) atoms. The number of aliphatic hydroxyl groups is 2. The third kappa shape index (κ3) is 2.83. The van der Waals surface area contributed by atoms with E-state index >= 15 is 0 Å².